The number of methoxy groups -OCH3 is 1. The minimum atomic E-state index is -0.965. The number of nitrogens with zero attached hydrogens (tertiary/aromatic N) is 2. The predicted molar refractivity (Wildman–Crippen MR) is 151 cm³/mol. The number of nitrogens with one attached hydrogen (secondary N) is 1. The molecule has 1 amide bonds. The quantitative estimate of drug-likeness (QED) is 0.348. The molecule has 1 heterocycles. The maximum Gasteiger partial charge on any atom is 0.224 e. The molecule has 0 aromatic heterocycles. The van der Waals surface area contributed by atoms with Crippen molar-refractivity contribution >= 4 is 23.5 Å². The molecule has 0 spiro atoms. The molecule has 0 fully saturated rings. The molecular formula is C32H29N3O3. The maximum absolute atomic E-state index is 12.5. The number of amidine groups is 1. The molecule has 0 saturated heterocycles. The molecule has 4 aromatic carbocycles. The molecule has 38 heavy (non-hydrogen) atoms. The van der Waals surface area contributed by atoms with E-state index in [2.05, 4.69) is 5.32 Å². The Morgan fingerprint density at radius 1 is 0.895 bits per heavy atom. The first kappa shape index (κ1) is 25.0. The monoisotopic (exact) mass is 503 g/mol. The highest BCUT2D eigenvalue weighted by Gasteiger charge is 2.32. The van der Waals surface area contributed by atoms with Gasteiger partial charge in [0.15, 0.2) is 6.23 Å². The van der Waals surface area contributed by atoms with Gasteiger partial charge in [-0.3, -0.25) is 9.69 Å². The van der Waals surface area contributed by atoms with Gasteiger partial charge in [0.05, 0.1) is 19.2 Å². The number of hydrogen-bond donors (Lipinski definition) is 2. The first-order valence-electron chi connectivity index (χ1n) is 12.5. The Labute approximate surface area is 222 Å². The minimum Gasteiger partial charge on any atom is -0.497 e. The number of rotatable bonds is 8. The lowest BCUT2D eigenvalue weighted by atomic mass is 10.1. The van der Waals surface area contributed by atoms with Crippen LogP contribution in [0.25, 0.3) is 6.08 Å². The molecule has 1 unspecified atom stereocenters. The topological polar surface area (TPSA) is 74.2 Å². The van der Waals surface area contributed by atoms with E-state index in [4.69, 9.17) is 9.73 Å². The fraction of sp³-hybridized carbons (Fsp3) is 0.125. The smallest absolute Gasteiger partial charge is 0.224 e. The van der Waals surface area contributed by atoms with Crippen LogP contribution in [0, 0.1) is 0 Å². The van der Waals surface area contributed by atoms with Crippen LogP contribution in [0.1, 0.15) is 22.3 Å². The second kappa shape index (κ2) is 11.6. The number of carbonyl (C=O) groups excluding carboxylic acids is 1. The summed E-state index contributed by atoms with van der Waals surface area (Å²) in [7, 11) is 1.63. The number of anilines is 1. The number of carbonyl (C=O) groups is 1. The van der Waals surface area contributed by atoms with Crippen LogP contribution in [-0.2, 0) is 17.8 Å². The van der Waals surface area contributed by atoms with Gasteiger partial charge in [-0.2, -0.15) is 0 Å². The average Bonchev–Trinajstić information content (AvgIpc) is 3.29. The number of ether oxygens (including phenoxy) is 1. The summed E-state index contributed by atoms with van der Waals surface area (Å²) in [6.07, 6.45) is 1.18. The third-order valence-corrected chi connectivity index (χ3v) is 6.35. The second-order valence-corrected chi connectivity index (χ2v) is 8.99. The lowest BCUT2D eigenvalue weighted by Crippen LogP contribution is -2.36. The molecule has 0 aliphatic carbocycles. The molecule has 4 aromatic rings. The molecule has 190 valence electrons. The van der Waals surface area contributed by atoms with Crippen molar-refractivity contribution in [3.63, 3.8) is 0 Å². The number of aliphatic imine (C=N–C) groups is 1. The van der Waals surface area contributed by atoms with Crippen LogP contribution in [0.5, 0.6) is 5.75 Å². The number of benzene rings is 4. The van der Waals surface area contributed by atoms with Crippen molar-refractivity contribution < 1.29 is 14.6 Å². The molecule has 1 aliphatic rings. The minimum absolute atomic E-state index is 0.0425. The van der Waals surface area contributed by atoms with E-state index in [9.17, 15) is 9.90 Å². The van der Waals surface area contributed by atoms with Crippen molar-refractivity contribution in [1.29, 1.82) is 0 Å². The van der Waals surface area contributed by atoms with Crippen LogP contribution < -0.4 is 15.0 Å². The van der Waals surface area contributed by atoms with Gasteiger partial charge in [-0.15, -0.1) is 0 Å². The fourth-order valence-corrected chi connectivity index (χ4v) is 4.33. The van der Waals surface area contributed by atoms with E-state index in [0.29, 0.717) is 18.1 Å². The maximum atomic E-state index is 12.5. The van der Waals surface area contributed by atoms with Crippen LogP contribution >= 0.6 is 0 Å². The van der Waals surface area contributed by atoms with Gasteiger partial charge in [0.2, 0.25) is 5.91 Å². The summed E-state index contributed by atoms with van der Waals surface area (Å²) < 4.78 is 5.25. The van der Waals surface area contributed by atoms with E-state index in [1.807, 2.05) is 120 Å². The number of aliphatic hydroxyl groups excluding tert-OH is 1. The van der Waals surface area contributed by atoms with Gasteiger partial charge in [-0.1, -0.05) is 84.9 Å². The van der Waals surface area contributed by atoms with Crippen molar-refractivity contribution in [2.24, 2.45) is 4.99 Å². The fourth-order valence-electron chi connectivity index (χ4n) is 4.33. The number of hydrogen-bond acceptors (Lipinski definition) is 5. The van der Waals surface area contributed by atoms with E-state index in [-0.39, 0.29) is 12.3 Å². The number of aliphatic hydroxyl groups is 1. The normalized spacial score (nSPS) is 15.8. The van der Waals surface area contributed by atoms with Crippen LogP contribution in [0.15, 0.2) is 120 Å². The number of amides is 1. The van der Waals surface area contributed by atoms with Gasteiger partial charge in [-0.25, -0.2) is 4.99 Å². The summed E-state index contributed by atoms with van der Waals surface area (Å²) in [5.74, 6) is 1.38. The van der Waals surface area contributed by atoms with E-state index >= 15 is 0 Å². The summed E-state index contributed by atoms with van der Waals surface area (Å²) in [5.41, 5.74) is 5.08. The van der Waals surface area contributed by atoms with Crippen LogP contribution in [0.4, 0.5) is 5.69 Å². The molecule has 6 heteroatoms. The van der Waals surface area contributed by atoms with E-state index in [1.54, 1.807) is 7.11 Å². The summed E-state index contributed by atoms with van der Waals surface area (Å²) in [6.45, 7) is 0.498. The van der Waals surface area contributed by atoms with Gasteiger partial charge < -0.3 is 15.2 Å². The molecule has 6 nitrogen and oxygen atoms in total. The van der Waals surface area contributed by atoms with E-state index in [0.717, 1.165) is 33.7 Å². The summed E-state index contributed by atoms with van der Waals surface area (Å²) in [6, 6.07) is 34.9. The zero-order valence-electron chi connectivity index (χ0n) is 21.1. The molecule has 0 radical (unpaired) electrons. The molecule has 1 aliphatic heterocycles. The Balaban J connectivity index is 1.35. The van der Waals surface area contributed by atoms with Crippen LogP contribution in [0.2, 0.25) is 0 Å². The standard InChI is InChI=1S/C32H29N3O3/c1-38-28-18-14-23(15-19-28)20-29-32(37)35(31(34-29)26-10-6-3-7-11-26)27-16-12-24(13-17-27)21-30(36)33-22-25-8-4-2-5-9-25/h2-20,32,37H,21-22H2,1H3,(H,33,36)/b29-20-. The van der Waals surface area contributed by atoms with Gasteiger partial charge in [0.25, 0.3) is 0 Å². The Bertz CT molecular complexity index is 1430. The lowest BCUT2D eigenvalue weighted by molar-refractivity contribution is -0.120. The van der Waals surface area contributed by atoms with Crippen molar-refractivity contribution in [2.75, 3.05) is 12.0 Å². The molecule has 2 N–H and O–H groups in total. The molecule has 0 saturated carbocycles. The van der Waals surface area contributed by atoms with Crippen molar-refractivity contribution in [3.05, 3.63) is 137 Å². The van der Waals surface area contributed by atoms with Crippen LogP contribution in [-0.4, -0.2) is 30.2 Å². The highest BCUT2D eigenvalue weighted by atomic mass is 16.5. The third-order valence-electron chi connectivity index (χ3n) is 6.35. The van der Waals surface area contributed by atoms with Gasteiger partial charge in [-0.05, 0) is 47.0 Å². The van der Waals surface area contributed by atoms with Crippen molar-refractivity contribution in [3.8, 4) is 5.75 Å². The summed E-state index contributed by atoms with van der Waals surface area (Å²) >= 11 is 0. The molecular weight excluding hydrogens is 474 g/mol. The van der Waals surface area contributed by atoms with Gasteiger partial charge in [0, 0.05) is 17.8 Å². The predicted octanol–water partition coefficient (Wildman–Crippen LogP) is 5.18. The van der Waals surface area contributed by atoms with Gasteiger partial charge in [0.1, 0.15) is 11.6 Å². The van der Waals surface area contributed by atoms with E-state index < -0.39 is 6.23 Å². The largest absolute Gasteiger partial charge is 0.497 e. The Morgan fingerprint density at radius 3 is 2.21 bits per heavy atom. The van der Waals surface area contributed by atoms with Crippen molar-refractivity contribution in [1.82, 2.24) is 5.32 Å². The average molecular weight is 504 g/mol. The molecule has 0 bridgehead atoms. The SMILES string of the molecule is COc1ccc(/C=C2\N=C(c3ccccc3)N(c3ccc(CC(=O)NCc4ccccc4)cc3)C2O)cc1. The Kier molecular flexibility index (Phi) is 7.62. The molecule has 5 rings (SSSR count). The van der Waals surface area contributed by atoms with E-state index in [1.165, 1.54) is 0 Å². The zero-order valence-corrected chi connectivity index (χ0v) is 21.1. The van der Waals surface area contributed by atoms with Crippen molar-refractivity contribution in [2.45, 2.75) is 19.2 Å². The third kappa shape index (κ3) is 5.82. The zero-order chi connectivity index (χ0) is 26.3. The Hall–Kier alpha value is -4.68. The van der Waals surface area contributed by atoms with Gasteiger partial charge >= 0.3 is 0 Å². The highest BCUT2D eigenvalue weighted by Crippen LogP contribution is 2.31. The lowest BCUT2D eigenvalue weighted by Gasteiger charge is -2.25. The summed E-state index contributed by atoms with van der Waals surface area (Å²) in [5, 5.41) is 14.3. The second-order valence-electron chi connectivity index (χ2n) is 8.99. The summed E-state index contributed by atoms with van der Waals surface area (Å²) in [4.78, 5) is 19.1. The first-order chi connectivity index (χ1) is 18.6. The van der Waals surface area contributed by atoms with Crippen LogP contribution in [0.3, 0.4) is 0 Å². The molecule has 1 atom stereocenters. The Morgan fingerprint density at radius 2 is 1.55 bits per heavy atom. The first-order valence-corrected chi connectivity index (χ1v) is 12.5. The highest BCUT2D eigenvalue weighted by molar-refractivity contribution is 6.13.